The summed E-state index contributed by atoms with van der Waals surface area (Å²) in [6.45, 7) is 0. The summed E-state index contributed by atoms with van der Waals surface area (Å²) in [5.41, 5.74) is 5.52. The molecule has 9 nitrogen and oxygen atoms in total. The highest BCUT2D eigenvalue weighted by molar-refractivity contribution is 5.98. The second-order valence-corrected chi connectivity index (χ2v) is 10.4. The lowest BCUT2D eigenvalue weighted by Gasteiger charge is -2.19. The van der Waals surface area contributed by atoms with Crippen molar-refractivity contribution in [2.75, 3.05) is 5.32 Å². The van der Waals surface area contributed by atoms with Crippen LogP contribution in [0.1, 0.15) is 28.4 Å². The molecule has 9 heteroatoms. The minimum atomic E-state index is -0.586. The maximum atomic E-state index is 13.6. The second-order valence-electron chi connectivity index (χ2n) is 10.4. The van der Waals surface area contributed by atoms with E-state index in [0.717, 1.165) is 33.0 Å². The van der Waals surface area contributed by atoms with Crippen molar-refractivity contribution in [3.63, 3.8) is 0 Å². The van der Waals surface area contributed by atoms with Gasteiger partial charge in [0, 0.05) is 29.5 Å². The molecule has 1 unspecified atom stereocenters. The van der Waals surface area contributed by atoms with Crippen LogP contribution in [0, 0.1) is 0 Å². The van der Waals surface area contributed by atoms with Gasteiger partial charge in [0.05, 0.1) is 23.5 Å². The average molecular weight is 578 g/mol. The summed E-state index contributed by atoms with van der Waals surface area (Å²) < 4.78 is 0. The standard InChI is InChI=1S/C35H27N7O2/c43-32(42-35-36-16-17-37-35)20-29(24-12-10-23(11-13-24)22-6-2-1-3-7-22)41-34(44)26-14-15-28-30(19-26)40-33(39-28)31-18-25-8-4-5-9-27(25)21-38-31/h1-19,21,29H,20H2,(H,39,40)(H,41,44)(H2,36,37,42,43). The van der Waals surface area contributed by atoms with Crippen molar-refractivity contribution in [2.45, 2.75) is 12.5 Å². The highest BCUT2D eigenvalue weighted by atomic mass is 16.2. The number of hydrogen-bond acceptors (Lipinski definition) is 5. The maximum absolute atomic E-state index is 13.6. The number of aromatic amines is 2. The number of hydrogen-bond donors (Lipinski definition) is 4. The normalized spacial score (nSPS) is 11.8. The fraction of sp³-hybridized carbons (Fsp3) is 0.0571. The van der Waals surface area contributed by atoms with E-state index >= 15 is 0 Å². The van der Waals surface area contributed by atoms with Gasteiger partial charge in [-0.3, -0.25) is 19.9 Å². The smallest absolute Gasteiger partial charge is 0.251 e. The molecule has 0 bridgehead atoms. The fourth-order valence-corrected chi connectivity index (χ4v) is 5.22. The average Bonchev–Trinajstić information content (AvgIpc) is 3.74. The van der Waals surface area contributed by atoms with Gasteiger partial charge in [-0.15, -0.1) is 0 Å². The Kier molecular flexibility index (Phi) is 7.09. The third-order valence-electron chi connectivity index (χ3n) is 7.49. The van der Waals surface area contributed by atoms with E-state index < -0.39 is 6.04 Å². The van der Waals surface area contributed by atoms with Crippen LogP contribution < -0.4 is 10.6 Å². The lowest BCUT2D eigenvalue weighted by atomic mass is 9.98. The summed E-state index contributed by atoms with van der Waals surface area (Å²) in [5, 5.41) is 7.93. The molecular weight excluding hydrogens is 550 g/mol. The molecule has 0 spiro atoms. The monoisotopic (exact) mass is 577 g/mol. The fourth-order valence-electron chi connectivity index (χ4n) is 5.22. The van der Waals surface area contributed by atoms with Gasteiger partial charge in [-0.2, -0.15) is 0 Å². The third-order valence-corrected chi connectivity index (χ3v) is 7.49. The summed E-state index contributed by atoms with van der Waals surface area (Å²) in [6, 6.07) is 32.6. The molecule has 3 heterocycles. The first-order valence-electron chi connectivity index (χ1n) is 14.2. The van der Waals surface area contributed by atoms with Crippen LogP contribution in [0.25, 0.3) is 44.5 Å². The first-order chi connectivity index (χ1) is 21.6. The number of nitrogens with one attached hydrogen (secondary N) is 4. The van der Waals surface area contributed by atoms with E-state index in [-0.39, 0.29) is 18.2 Å². The molecule has 44 heavy (non-hydrogen) atoms. The zero-order chi connectivity index (χ0) is 29.9. The van der Waals surface area contributed by atoms with Gasteiger partial charge < -0.3 is 15.3 Å². The van der Waals surface area contributed by atoms with Gasteiger partial charge in [-0.1, -0.05) is 78.9 Å². The van der Waals surface area contributed by atoms with Crippen LogP contribution in [-0.2, 0) is 4.79 Å². The molecule has 0 aliphatic heterocycles. The number of carbonyl (C=O) groups is 2. The van der Waals surface area contributed by atoms with E-state index in [9.17, 15) is 9.59 Å². The minimum absolute atomic E-state index is 0.0151. The molecule has 4 N–H and O–H groups in total. The van der Waals surface area contributed by atoms with E-state index in [1.807, 2.05) is 91.1 Å². The van der Waals surface area contributed by atoms with E-state index in [4.69, 9.17) is 4.98 Å². The molecule has 0 saturated carbocycles. The Balaban J connectivity index is 1.14. The zero-order valence-electron chi connectivity index (χ0n) is 23.5. The molecule has 0 saturated heterocycles. The van der Waals surface area contributed by atoms with Crippen molar-refractivity contribution in [3.05, 3.63) is 133 Å². The Hall–Kier alpha value is -6.09. The van der Waals surface area contributed by atoms with Crippen molar-refractivity contribution in [1.82, 2.24) is 30.2 Å². The highest BCUT2D eigenvalue weighted by Crippen LogP contribution is 2.26. The van der Waals surface area contributed by atoms with Gasteiger partial charge in [0.25, 0.3) is 5.91 Å². The molecule has 7 rings (SSSR count). The molecule has 0 aliphatic carbocycles. The number of fused-ring (bicyclic) bond motifs is 2. The topological polar surface area (TPSA) is 128 Å². The van der Waals surface area contributed by atoms with Crippen molar-refractivity contribution < 1.29 is 9.59 Å². The second kappa shape index (κ2) is 11.7. The molecule has 4 aromatic carbocycles. The zero-order valence-corrected chi connectivity index (χ0v) is 23.5. The van der Waals surface area contributed by atoms with Gasteiger partial charge in [-0.05, 0) is 46.3 Å². The molecule has 3 aromatic heterocycles. The Labute approximate surface area is 252 Å². The van der Waals surface area contributed by atoms with Crippen LogP contribution in [0.2, 0.25) is 0 Å². The van der Waals surface area contributed by atoms with Gasteiger partial charge in [0.2, 0.25) is 11.9 Å². The predicted octanol–water partition coefficient (Wildman–Crippen LogP) is 6.67. The van der Waals surface area contributed by atoms with Crippen LogP contribution >= 0.6 is 0 Å². The van der Waals surface area contributed by atoms with Crippen LogP contribution in [0.3, 0.4) is 0 Å². The summed E-state index contributed by atoms with van der Waals surface area (Å²) in [4.78, 5) is 46.0. The molecule has 1 atom stereocenters. The van der Waals surface area contributed by atoms with Gasteiger partial charge in [0.15, 0.2) is 5.82 Å². The van der Waals surface area contributed by atoms with Crippen molar-refractivity contribution in [3.8, 4) is 22.6 Å². The molecule has 2 amide bonds. The number of amides is 2. The Morgan fingerprint density at radius 3 is 2.36 bits per heavy atom. The lowest BCUT2D eigenvalue weighted by molar-refractivity contribution is -0.116. The highest BCUT2D eigenvalue weighted by Gasteiger charge is 2.21. The van der Waals surface area contributed by atoms with Crippen LogP contribution in [0.5, 0.6) is 0 Å². The van der Waals surface area contributed by atoms with Crippen LogP contribution in [0.4, 0.5) is 5.95 Å². The molecule has 214 valence electrons. The Morgan fingerprint density at radius 2 is 1.57 bits per heavy atom. The molecule has 0 aliphatic rings. The van der Waals surface area contributed by atoms with E-state index in [1.165, 1.54) is 0 Å². The SMILES string of the molecule is O=C(CC(NC(=O)c1ccc2nc(-c3cc4ccccc4cn3)[nH]c2c1)c1ccc(-c2ccccc2)cc1)Nc1ncc[nH]1. The minimum Gasteiger partial charge on any atom is -0.345 e. The van der Waals surface area contributed by atoms with Gasteiger partial charge in [-0.25, -0.2) is 9.97 Å². The number of imidazole rings is 2. The van der Waals surface area contributed by atoms with Crippen molar-refractivity contribution in [1.29, 1.82) is 0 Å². The summed E-state index contributed by atoms with van der Waals surface area (Å²) in [5.74, 6) is 0.374. The van der Waals surface area contributed by atoms with Crippen molar-refractivity contribution >= 4 is 39.6 Å². The molecular formula is C35H27N7O2. The number of carbonyl (C=O) groups excluding carboxylic acids is 2. The van der Waals surface area contributed by atoms with E-state index in [1.54, 1.807) is 30.6 Å². The largest absolute Gasteiger partial charge is 0.345 e. The summed E-state index contributed by atoms with van der Waals surface area (Å²) in [7, 11) is 0. The third kappa shape index (κ3) is 5.66. The summed E-state index contributed by atoms with van der Waals surface area (Å²) >= 11 is 0. The van der Waals surface area contributed by atoms with Crippen LogP contribution in [-0.4, -0.2) is 36.7 Å². The van der Waals surface area contributed by atoms with Gasteiger partial charge in [0.1, 0.15) is 5.69 Å². The first-order valence-corrected chi connectivity index (χ1v) is 14.2. The number of H-pyrrole nitrogens is 2. The number of benzene rings is 4. The van der Waals surface area contributed by atoms with Crippen LogP contribution in [0.15, 0.2) is 122 Å². The molecule has 0 radical (unpaired) electrons. The Bertz CT molecular complexity index is 2090. The number of pyridine rings is 1. The molecule has 7 aromatic rings. The number of rotatable bonds is 8. The molecule has 0 fully saturated rings. The van der Waals surface area contributed by atoms with Gasteiger partial charge >= 0.3 is 0 Å². The first kappa shape index (κ1) is 26.8. The summed E-state index contributed by atoms with van der Waals surface area (Å²) in [6.07, 6.45) is 5.03. The number of nitrogens with zero attached hydrogens (tertiary/aromatic N) is 3. The number of aromatic nitrogens is 5. The number of anilines is 1. The predicted molar refractivity (Wildman–Crippen MR) is 171 cm³/mol. The quantitative estimate of drug-likeness (QED) is 0.160. The lowest BCUT2D eigenvalue weighted by Crippen LogP contribution is -2.31. The Morgan fingerprint density at radius 1 is 0.795 bits per heavy atom. The maximum Gasteiger partial charge on any atom is 0.251 e. The van der Waals surface area contributed by atoms with E-state index in [2.05, 4.69) is 30.6 Å². The van der Waals surface area contributed by atoms with E-state index in [0.29, 0.717) is 28.5 Å². The van der Waals surface area contributed by atoms with Crippen molar-refractivity contribution in [2.24, 2.45) is 0 Å².